The molecular weight excluding hydrogens is 225 g/mol. The van der Waals surface area contributed by atoms with Crippen molar-refractivity contribution in [2.75, 3.05) is 0 Å². The van der Waals surface area contributed by atoms with Gasteiger partial charge in [-0.2, -0.15) is 0 Å². The molecule has 1 aromatic heterocycles. The Kier molecular flexibility index (Phi) is 5.84. The molecule has 0 radical (unpaired) electrons. The lowest BCUT2D eigenvalue weighted by molar-refractivity contribution is 0.275. The lowest BCUT2D eigenvalue weighted by Gasteiger charge is -1.96. The molecule has 0 amide bonds. The molecule has 1 heterocycles. The molecule has 0 aliphatic carbocycles. The van der Waals surface area contributed by atoms with Gasteiger partial charge in [-0.05, 0) is 22.0 Å². The number of nitrogens with zero attached hydrogens (tertiary/aromatic N) is 1. The summed E-state index contributed by atoms with van der Waals surface area (Å²) >= 11 is 3.05. The number of aromatic nitrogens is 1. The summed E-state index contributed by atoms with van der Waals surface area (Å²) in [6.45, 7) is 3.70. The Morgan fingerprint density at radius 3 is 2.58 bits per heavy atom. The fourth-order valence-corrected chi connectivity index (χ4v) is 0.951. The van der Waals surface area contributed by atoms with Gasteiger partial charge in [0.25, 0.3) is 0 Å². The van der Waals surface area contributed by atoms with E-state index in [4.69, 9.17) is 5.11 Å². The van der Waals surface area contributed by atoms with Gasteiger partial charge >= 0.3 is 0 Å². The minimum atomic E-state index is -0.481. The van der Waals surface area contributed by atoms with Crippen molar-refractivity contribution in [3.8, 4) is 0 Å². The third-order valence-electron chi connectivity index (χ3n) is 1.07. The predicted molar refractivity (Wildman–Crippen MR) is 49.2 cm³/mol. The van der Waals surface area contributed by atoms with Gasteiger partial charge in [0.2, 0.25) is 0 Å². The molecule has 0 aromatic carbocycles. The first-order chi connectivity index (χ1) is 5.74. The van der Waals surface area contributed by atoms with Crippen LogP contribution >= 0.6 is 15.9 Å². The van der Waals surface area contributed by atoms with Crippen LogP contribution in [0.4, 0.5) is 4.39 Å². The van der Waals surface area contributed by atoms with Crippen LogP contribution in [0.25, 0.3) is 0 Å². The van der Waals surface area contributed by atoms with E-state index >= 15 is 0 Å². The minimum Gasteiger partial charge on any atom is -0.392 e. The van der Waals surface area contributed by atoms with Crippen LogP contribution < -0.4 is 0 Å². The number of halogens is 2. The summed E-state index contributed by atoms with van der Waals surface area (Å²) in [4.78, 5) is 3.62. The Morgan fingerprint density at radius 2 is 2.17 bits per heavy atom. The van der Waals surface area contributed by atoms with Gasteiger partial charge in [-0.15, -0.1) is 0 Å². The monoisotopic (exact) mass is 235 g/mol. The SMILES string of the molecule is CC.OCc1cc(Br)ncc1F. The molecule has 0 bridgehead atoms. The van der Waals surface area contributed by atoms with E-state index in [1.54, 1.807) is 0 Å². The van der Waals surface area contributed by atoms with Crippen molar-refractivity contribution in [1.29, 1.82) is 0 Å². The molecule has 68 valence electrons. The molecule has 1 rings (SSSR count). The average molecular weight is 236 g/mol. The van der Waals surface area contributed by atoms with Gasteiger partial charge in [-0.1, -0.05) is 13.8 Å². The molecule has 0 spiro atoms. The molecule has 2 nitrogen and oxygen atoms in total. The first kappa shape index (κ1) is 11.5. The molecule has 1 aromatic rings. The molecule has 0 aliphatic rings. The summed E-state index contributed by atoms with van der Waals surface area (Å²) in [5, 5.41) is 8.55. The lowest BCUT2D eigenvalue weighted by atomic mass is 10.3. The van der Waals surface area contributed by atoms with Gasteiger partial charge in [-0.25, -0.2) is 9.37 Å². The Labute approximate surface area is 79.6 Å². The zero-order chi connectivity index (χ0) is 9.56. The van der Waals surface area contributed by atoms with E-state index in [9.17, 15) is 4.39 Å². The zero-order valence-electron chi connectivity index (χ0n) is 7.01. The van der Waals surface area contributed by atoms with Gasteiger partial charge in [0.1, 0.15) is 10.4 Å². The second-order valence-electron chi connectivity index (χ2n) is 1.76. The van der Waals surface area contributed by atoms with Crippen LogP contribution in [0.1, 0.15) is 19.4 Å². The Morgan fingerprint density at radius 1 is 1.58 bits per heavy atom. The summed E-state index contributed by atoms with van der Waals surface area (Å²) in [5.41, 5.74) is 0.252. The molecule has 0 saturated heterocycles. The summed E-state index contributed by atoms with van der Waals surface area (Å²) in [7, 11) is 0. The summed E-state index contributed by atoms with van der Waals surface area (Å²) in [6.07, 6.45) is 1.07. The van der Waals surface area contributed by atoms with E-state index in [0.29, 0.717) is 4.60 Å². The summed E-state index contributed by atoms with van der Waals surface area (Å²) in [6, 6.07) is 1.44. The number of rotatable bonds is 1. The third kappa shape index (κ3) is 3.28. The van der Waals surface area contributed by atoms with E-state index in [2.05, 4.69) is 20.9 Å². The molecule has 0 aliphatic heterocycles. The number of hydrogen-bond acceptors (Lipinski definition) is 2. The highest BCUT2D eigenvalue weighted by atomic mass is 79.9. The number of aliphatic hydroxyl groups excluding tert-OH is 1. The van der Waals surface area contributed by atoms with E-state index in [1.165, 1.54) is 6.07 Å². The number of pyridine rings is 1. The zero-order valence-corrected chi connectivity index (χ0v) is 8.60. The third-order valence-corrected chi connectivity index (χ3v) is 1.51. The Hall–Kier alpha value is -0.480. The second-order valence-corrected chi connectivity index (χ2v) is 2.57. The summed E-state index contributed by atoms with van der Waals surface area (Å²) in [5.74, 6) is -0.481. The largest absolute Gasteiger partial charge is 0.392 e. The molecule has 0 atom stereocenters. The van der Waals surface area contributed by atoms with Crippen molar-refractivity contribution in [1.82, 2.24) is 4.98 Å². The maximum Gasteiger partial charge on any atom is 0.147 e. The van der Waals surface area contributed by atoms with Gasteiger partial charge < -0.3 is 5.11 Å². The molecule has 0 unspecified atom stereocenters. The quantitative estimate of drug-likeness (QED) is 0.760. The van der Waals surface area contributed by atoms with Crippen molar-refractivity contribution >= 4 is 15.9 Å². The van der Waals surface area contributed by atoms with Crippen LogP contribution in [0, 0.1) is 5.82 Å². The van der Waals surface area contributed by atoms with E-state index in [-0.39, 0.29) is 12.2 Å². The predicted octanol–water partition coefficient (Wildman–Crippen LogP) is 2.50. The molecule has 12 heavy (non-hydrogen) atoms. The Bertz CT molecular complexity index is 242. The molecule has 1 N–H and O–H groups in total. The fraction of sp³-hybridized carbons (Fsp3) is 0.375. The van der Waals surface area contributed by atoms with Crippen LogP contribution in [0.3, 0.4) is 0 Å². The van der Waals surface area contributed by atoms with E-state index < -0.39 is 5.82 Å². The highest BCUT2D eigenvalue weighted by Crippen LogP contribution is 2.11. The van der Waals surface area contributed by atoms with Crippen LogP contribution in [-0.2, 0) is 6.61 Å². The molecular formula is C8H11BrFNO. The first-order valence-electron chi connectivity index (χ1n) is 3.65. The standard InChI is InChI=1S/C6H5BrFNO.C2H6/c7-6-1-4(3-10)5(8)2-9-6;1-2/h1-2,10H,3H2;1-2H3. The van der Waals surface area contributed by atoms with Gasteiger partial charge in [-0.3, -0.25) is 0 Å². The van der Waals surface area contributed by atoms with Crippen LogP contribution in [0.2, 0.25) is 0 Å². The van der Waals surface area contributed by atoms with Crippen LogP contribution in [0.15, 0.2) is 16.9 Å². The van der Waals surface area contributed by atoms with Crippen molar-refractivity contribution in [3.63, 3.8) is 0 Å². The minimum absolute atomic E-state index is 0.252. The second kappa shape index (κ2) is 6.08. The van der Waals surface area contributed by atoms with E-state index in [0.717, 1.165) is 6.20 Å². The maximum atomic E-state index is 12.5. The fourth-order valence-electron chi connectivity index (χ4n) is 0.572. The lowest BCUT2D eigenvalue weighted by Crippen LogP contribution is -1.90. The van der Waals surface area contributed by atoms with Gasteiger partial charge in [0.15, 0.2) is 0 Å². The van der Waals surface area contributed by atoms with Crippen molar-refractivity contribution in [2.24, 2.45) is 0 Å². The van der Waals surface area contributed by atoms with Gasteiger partial charge in [0.05, 0.1) is 12.8 Å². The molecule has 0 saturated carbocycles. The maximum absolute atomic E-state index is 12.5. The topological polar surface area (TPSA) is 33.1 Å². The normalized spacial score (nSPS) is 8.75. The van der Waals surface area contributed by atoms with Crippen molar-refractivity contribution < 1.29 is 9.50 Å². The van der Waals surface area contributed by atoms with Crippen LogP contribution in [0.5, 0.6) is 0 Å². The first-order valence-corrected chi connectivity index (χ1v) is 4.44. The van der Waals surface area contributed by atoms with Crippen molar-refractivity contribution in [2.45, 2.75) is 20.5 Å². The highest BCUT2D eigenvalue weighted by Gasteiger charge is 2.00. The van der Waals surface area contributed by atoms with Crippen LogP contribution in [-0.4, -0.2) is 10.1 Å². The molecule has 4 heteroatoms. The highest BCUT2D eigenvalue weighted by molar-refractivity contribution is 9.10. The number of aliphatic hydroxyl groups is 1. The van der Waals surface area contributed by atoms with E-state index in [1.807, 2.05) is 13.8 Å². The van der Waals surface area contributed by atoms with Crippen molar-refractivity contribution in [3.05, 3.63) is 28.2 Å². The Balaban J connectivity index is 0.000000561. The summed E-state index contributed by atoms with van der Waals surface area (Å²) < 4.78 is 13.1. The number of hydrogen-bond donors (Lipinski definition) is 1. The molecule has 0 fully saturated rings. The average Bonchev–Trinajstić information content (AvgIpc) is 2.13. The van der Waals surface area contributed by atoms with Gasteiger partial charge in [0, 0.05) is 5.56 Å². The smallest absolute Gasteiger partial charge is 0.147 e.